The quantitative estimate of drug-likeness (QED) is 0.823. The fourth-order valence-electron chi connectivity index (χ4n) is 3.40. The fraction of sp³-hybridized carbons (Fsp3) is 0.857. The predicted molar refractivity (Wildman–Crippen MR) is 71.9 cm³/mol. The third kappa shape index (κ3) is 3.01. The van der Waals surface area contributed by atoms with Crippen LogP contribution in [0.15, 0.2) is 0 Å². The Morgan fingerprint density at radius 2 is 2.05 bits per heavy atom. The molecule has 2 N–H and O–H groups in total. The summed E-state index contributed by atoms with van der Waals surface area (Å²) in [5.74, 6) is -0.919. The zero-order chi connectivity index (χ0) is 14.0. The number of likely N-dealkylation sites (tertiary alicyclic amines) is 1. The van der Waals surface area contributed by atoms with E-state index in [0.717, 1.165) is 38.6 Å². The van der Waals surface area contributed by atoms with Crippen LogP contribution >= 0.6 is 0 Å². The SMILES string of the molecule is CC1(C)CCCN1C(=O)NCC1CCCC1C(=O)O. The lowest BCUT2D eigenvalue weighted by atomic mass is 9.96. The minimum atomic E-state index is -0.724. The van der Waals surface area contributed by atoms with E-state index in [1.807, 2.05) is 4.90 Å². The lowest BCUT2D eigenvalue weighted by molar-refractivity contribution is -0.142. The number of carbonyl (C=O) groups is 2. The molecule has 2 atom stereocenters. The normalized spacial score (nSPS) is 29.5. The van der Waals surface area contributed by atoms with Crippen molar-refractivity contribution in [3.05, 3.63) is 0 Å². The van der Waals surface area contributed by atoms with Gasteiger partial charge in [-0.1, -0.05) is 6.42 Å². The highest BCUT2D eigenvalue weighted by atomic mass is 16.4. The average Bonchev–Trinajstić information content (AvgIpc) is 2.91. The van der Waals surface area contributed by atoms with Gasteiger partial charge < -0.3 is 15.3 Å². The van der Waals surface area contributed by atoms with Crippen LogP contribution in [0.2, 0.25) is 0 Å². The maximum absolute atomic E-state index is 12.2. The predicted octanol–water partition coefficient (Wildman–Crippen LogP) is 2.07. The number of amides is 2. The Kier molecular flexibility index (Phi) is 4.02. The Balaban J connectivity index is 1.85. The number of nitrogens with one attached hydrogen (secondary N) is 1. The molecule has 2 fully saturated rings. The number of urea groups is 1. The summed E-state index contributed by atoms with van der Waals surface area (Å²) in [6, 6.07) is -0.0430. The molecule has 0 aromatic carbocycles. The van der Waals surface area contributed by atoms with Crippen molar-refractivity contribution in [1.29, 1.82) is 0 Å². The van der Waals surface area contributed by atoms with Gasteiger partial charge in [0.2, 0.25) is 0 Å². The zero-order valence-corrected chi connectivity index (χ0v) is 11.8. The Labute approximate surface area is 114 Å². The van der Waals surface area contributed by atoms with Crippen LogP contribution < -0.4 is 5.32 Å². The van der Waals surface area contributed by atoms with Gasteiger partial charge in [-0.25, -0.2) is 4.79 Å². The van der Waals surface area contributed by atoms with Crippen LogP contribution in [-0.4, -0.2) is 40.6 Å². The van der Waals surface area contributed by atoms with Crippen molar-refractivity contribution in [1.82, 2.24) is 10.2 Å². The molecule has 19 heavy (non-hydrogen) atoms. The van der Waals surface area contributed by atoms with Crippen molar-refractivity contribution in [2.45, 2.75) is 51.5 Å². The molecule has 1 aliphatic heterocycles. The smallest absolute Gasteiger partial charge is 0.317 e. The molecule has 0 bridgehead atoms. The summed E-state index contributed by atoms with van der Waals surface area (Å²) in [7, 11) is 0. The van der Waals surface area contributed by atoms with E-state index in [0.29, 0.717) is 6.54 Å². The number of carbonyl (C=O) groups excluding carboxylic acids is 1. The molecule has 1 saturated carbocycles. The zero-order valence-electron chi connectivity index (χ0n) is 11.8. The van der Waals surface area contributed by atoms with Gasteiger partial charge in [-0.2, -0.15) is 0 Å². The molecule has 0 radical (unpaired) electrons. The third-order valence-corrected chi connectivity index (χ3v) is 4.64. The van der Waals surface area contributed by atoms with Crippen LogP contribution in [0.1, 0.15) is 46.0 Å². The molecule has 2 rings (SSSR count). The third-order valence-electron chi connectivity index (χ3n) is 4.64. The van der Waals surface area contributed by atoms with E-state index >= 15 is 0 Å². The molecule has 1 aliphatic carbocycles. The molecule has 0 spiro atoms. The van der Waals surface area contributed by atoms with Crippen LogP contribution in [0.5, 0.6) is 0 Å². The summed E-state index contributed by atoms with van der Waals surface area (Å²) in [6.45, 7) is 5.44. The van der Waals surface area contributed by atoms with E-state index in [1.54, 1.807) is 0 Å². The summed E-state index contributed by atoms with van der Waals surface area (Å²) < 4.78 is 0. The first-order chi connectivity index (χ1) is 8.92. The Hall–Kier alpha value is -1.26. The molecule has 2 unspecified atom stereocenters. The van der Waals surface area contributed by atoms with E-state index in [-0.39, 0.29) is 23.4 Å². The number of aliphatic carboxylic acids is 1. The van der Waals surface area contributed by atoms with Crippen LogP contribution in [0.3, 0.4) is 0 Å². The molecule has 1 saturated heterocycles. The molecule has 2 aliphatic rings. The average molecular weight is 268 g/mol. The van der Waals surface area contributed by atoms with Crippen LogP contribution in [0.25, 0.3) is 0 Å². The lowest BCUT2D eigenvalue weighted by Gasteiger charge is -2.32. The minimum Gasteiger partial charge on any atom is -0.481 e. The fourth-order valence-corrected chi connectivity index (χ4v) is 3.40. The molecule has 5 heteroatoms. The molecule has 0 aromatic heterocycles. The van der Waals surface area contributed by atoms with Crippen molar-refractivity contribution < 1.29 is 14.7 Å². The number of hydrogen-bond donors (Lipinski definition) is 2. The molecule has 108 valence electrons. The van der Waals surface area contributed by atoms with Crippen molar-refractivity contribution in [3.8, 4) is 0 Å². The van der Waals surface area contributed by atoms with Crippen molar-refractivity contribution in [2.24, 2.45) is 11.8 Å². The Morgan fingerprint density at radius 3 is 2.63 bits per heavy atom. The van der Waals surface area contributed by atoms with Crippen LogP contribution in [0, 0.1) is 11.8 Å². The summed E-state index contributed by atoms with van der Waals surface area (Å²) in [4.78, 5) is 25.1. The Morgan fingerprint density at radius 1 is 1.32 bits per heavy atom. The second-order valence-corrected chi connectivity index (χ2v) is 6.39. The number of rotatable bonds is 3. The molecule has 0 aromatic rings. The van der Waals surface area contributed by atoms with Gasteiger partial charge in [0.15, 0.2) is 0 Å². The van der Waals surface area contributed by atoms with Crippen molar-refractivity contribution >= 4 is 12.0 Å². The van der Waals surface area contributed by atoms with Crippen molar-refractivity contribution in [2.75, 3.05) is 13.1 Å². The second kappa shape index (κ2) is 5.39. The number of hydrogen-bond acceptors (Lipinski definition) is 2. The molecular formula is C14H24N2O3. The lowest BCUT2D eigenvalue weighted by Crippen LogP contribution is -2.49. The molecule has 2 amide bonds. The maximum atomic E-state index is 12.2. The highest BCUT2D eigenvalue weighted by Crippen LogP contribution is 2.32. The topological polar surface area (TPSA) is 69.6 Å². The summed E-state index contributed by atoms with van der Waals surface area (Å²) in [6.07, 6.45) is 4.67. The summed E-state index contributed by atoms with van der Waals surface area (Å²) in [5.41, 5.74) is -0.0774. The summed E-state index contributed by atoms with van der Waals surface area (Å²) >= 11 is 0. The van der Waals surface area contributed by atoms with E-state index in [1.165, 1.54) is 0 Å². The van der Waals surface area contributed by atoms with Gasteiger partial charge in [-0.3, -0.25) is 4.79 Å². The first-order valence-electron chi connectivity index (χ1n) is 7.20. The van der Waals surface area contributed by atoms with E-state index in [4.69, 9.17) is 5.11 Å². The van der Waals surface area contributed by atoms with Crippen LogP contribution in [0.4, 0.5) is 4.79 Å². The number of carboxylic acid groups (broad SMARTS) is 1. The van der Waals surface area contributed by atoms with E-state index in [9.17, 15) is 9.59 Å². The van der Waals surface area contributed by atoms with Gasteiger partial charge in [0, 0.05) is 18.6 Å². The van der Waals surface area contributed by atoms with Gasteiger partial charge in [0.25, 0.3) is 0 Å². The Bertz CT molecular complexity index is 368. The van der Waals surface area contributed by atoms with Crippen molar-refractivity contribution in [3.63, 3.8) is 0 Å². The molecule has 5 nitrogen and oxygen atoms in total. The van der Waals surface area contributed by atoms with Gasteiger partial charge in [0.05, 0.1) is 5.92 Å². The highest BCUT2D eigenvalue weighted by molar-refractivity contribution is 5.75. The first kappa shape index (κ1) is 14.2. The first-order valence-corrected chi connectivity index (χ1v) is 7.20. The van der Waals surface area contributed by atoms with Gasteiger partial charge in [-0.15, -0.1) is 0 Å². The monoisotopic (exact) mass is 268 g/mol. The maximum Gasteiger partial charge on any atom is 0.317 e. The molecule has 1 heterocycles. The number of nitrogens with zero attached hydrogens (tertiary/aromatic N) is 1. The summed E-state index contributed by atoms with van der Waals surface area (Å²) in [5, 5.41) is 12.1. The van der Waals surface area contributed by atoms with Gasteiger partial charge in [-0.05, 0) is 45.4 Å². The standard InChI is InChI=1S/C14H24N2O3/c1-14(2)7-4-8-16(14)13(19)15-9-10-5-3-6-11(10)12(17)18/h10-11H,3-9H2,1-2H3,(H,15,19)(H,17,18). The highest BCUT2D eigenvalue weighted by Gasteiger charge is 2.37. The number of carboxylic acids is 1. The second-order valence-electron chi connectivity index (χ2n) is 6.39. The minimum absolute atomic E-state index is 0.0430. The largest absolute Gasteiger partial charge is 0.481 e. The van der Waals surface area contributed by atoms with E-state index in [2.05, 4.69) is 19.2 Å². The van der Waals surface area contributed by atoms with Gasteiger partial charge >= 0.3 is 12.0 Å². The van der Waals surface area contributed by atoms with Crippen LogP contribution in [-0.2, 0) is 4.79 Å². The van der Waals surface area contributed by atoms with Gasteiger partial charge in [0.1, 0.15) is 0 Å². The van der Waals surface area contributed by atoms with E-state index < -0.39 is 5.97 Å². The molecular weight excluding hydrogens is 244 g/mol.